The van der Waals surface area contributed by atoms with E-state index in [-0.39, 0.29) is 5.41 Å². The third-order valence-electron chi connectivity index (χ3n) is 5.04. The Morgan fingerprint density at radius 2 is 1.05 bits per heavy atom. The molecule has 1 saturated carbocycles. The quantitative estimate of drug-likeness (QED) is 0.811. The summed E-state index contributed by atoms with van der Waals surface area (Å²) in [5, 5.41) is 18.8. The van der Waals surface area contributed by atoms with Crippen molar-refractivity contribution in [3.8, 4) is 12.1 Å². The van der Waals surface area contributed by atoms with Crippen LogP contribution in [0.2, 0.25) is 0 Å². The summed E-state index contributed by atoms with van der Waals surface area (Å²) in [6, 6.07) is 25.5. The second-order valence-electron chi connectivity index (χ2n) is 6.12. The number of hydrogen-bond acceptors (Lipinski definition) is 2. The smallest absolute Gasteiger partial charge is 0.143 e. The van der Waals surface area contributed by atoms with Gasteiger partial charge in [0.1, 0.15) is 5.41 Å². The molecule has 0 N–H and O–H groups in total. The molecule has 1 aliphatic carbocycles. The Kier molecular flexibility index (Phi) is 3.70. The molecular formula is C20H18N2. The first kappa shape index (κ1) is 14.4. The van der Waals surface area contributed by atoms with Crippen LogP contribution < -0.4 is 0 Å². The van der Waals surface area contributed by atoms with Crippen LogP contribution in [-0.2, 0) is 5.41 Å². The first-order valence-corrected chi connectivity index (χ1v) is 7.68. The van der Waals surface area contributed by atoms with Gasteiger partial charge in [-0.15, -0.1) is 0 Å². The lowest BCUT2D eigenvalue weighted by Crippen LogP contribution is -2.37. The zero-order chi connectivity index (χ0) is 15.5. The van der Waals surface area contributed by atoms with E-state index in [1.807, 2.05) is 12.1 Å². The molecule has 1 fully saturated rings. The van der Waals surface area contributed by atoms with Gasteiger partial charge >= 0.3 is 0 Å². The Bertz CT molecular complexity index is 654. The van der Waals surface area contributed by atoms with Crippen LogP contribution in [0.25, 0.3) is 0 Å². The van der Waals surface area contributed by atoms with Crippen LogP contribution in [0.15, 0.2) is 60.7 Å². The van der Waals surface area contributed by atoms with Crippen molar-refractivity contribution in [3.05, 3.63) is 71.8 Å². The second-order valence-corrected chi connectivity index (χ2v) is 6.12. The van der Waals surface area contributed by atoms with Gasteiger partial charge in [0.25, 0.3) is 0 Å². The first-order valence-electron chi connectivity index (χ1n) is 7.68. The Labute approximate surface area is 131 Å². The van der Waals surface area contributed by atoms with E-state index in [1.54, 1.807) is 0 Å². The largest absolute Gasteiger partial charge is 0.197 e. The van der Waals surface area contributed by atoms with E-state index in [0.717, 1.165) is 12.8 Å². The maximum Gasteiger partial charge on any atom is 0.143 e. The molecule has 108 valence electrons. The summed E-state index contributed by atoms with van der Waals surface area (Å²) in [7, 11) is 0. The minimum atomic E-state index is -0.812. The highest BCUT2D eigenvalue weighted by Gasteiger charge is 2.45. The minimum Gasteiger partial charge on any atom is -0.197 e. The van der Waals surface area contributed by atoms with Gasteiger partial charge < -0.3 is 0 Å². The van der Waals surface area contributed by atoms with Crippen molar-refractivity contribution in [3.63, 3.8) is 0 Å². The van der Waals surface area contributed by atoms with Crippen molar-refractivity contribution in [1.29, 1.82) is 10.5 Å². The Balaban J connectivity index is 2.05. The normalized spacial score (nSPS) is 18.8. The Morgan fingerprint density at radius 1 is 0.636 bits per heavy atom. The lowest BCUT2D eigenvalue weighted by molar-refractivity contribution is 0.254. The molecule has 2 heteroatoms. The number of rotatable bonds is 2. The first-order chi connectivity index (χ1) is 10.7. The highest BCUT2D eigenvalue weighted by Crippen LogP contribution is 2.50. The molecule has 0 aromatic heterocycles. The van der Waals surface area contributed by atoms with Crippen molar-refractivity contribution in [1.82, 2.24) is 0 Å². The van der Waals surface area contributed by atoms with Crippen LogP contribution in [0.5, 0.6) is 0 Å². The molecule has 1 aliphatic rings. The molecular weight excluding hydrogens is 268 g/mol. The standard InChI is InChI=1S/C20H18N2/c21-15-19(16-22)11-13-20(14-12-19,17-7-3-1-4-8-17)18-9-5-2-6-10-18/h1-10H,11-14H2. The van der Waals surface area contributed by atoms with Gasteiger partial charge in [-0.05, 0) is 36.8 Å². The molecule has 0 spiro atoms. The van der Waals surface area contributed by atoms with Gasteiger partial charge in [-0.1, -0.05) is 60.7 Å². The van der Waals surface area contributed by atoms with E-state index in [9.17, 15) is 10.5 Å². The van der Waals surface area contributed by atoms with Crippen LogP contribution >= 0.6 is 0 Å². The Hall–Kier alpha value is -2.58. The summed E-state index contributed by atoms with van der Waals surface area (Å²) < 4.78 is 0. The lowest BCUT2D eigenvalue weighted by atomic mass is 9.59. The van der Waals surface area contributed by atoms with Crippen LogP contribution in [0.1, 0.15) is 36.8 Å². The van der Waals surface area contributed by atoms with Gasteiger partial charge in [-0.3, -0.25) is 0 Å². The predicted octanol–water partition coefficient (Wildman–Crippen LogP) is 4.58. The number of nitriles is 2. The highest BCUT2D eigenvalue weighted by molar-refractivity contribution is 5.41. The SMILES string of the molecule is N#CC1(C#N)CCC(c2ccccc2)(c2ccccc2)CC1. The molecule has 0 heterocycles. The summed E-state index contributed by atoms with van der Waals surface area (Å²) in [5.74, 6) is 0. The molecule has 0 unspecified atom stereocenters. The fraction of sp³-hybridized carbons (Fsp3) is 0.300. The topological polar surface area (TPSA) is 47.6 Å². The van der Waals surface area contributed by atoms with Gasteiger partial charge in [-0.25, -0.2) is 0 Å². The van der Waals surface area contributed by atoms with E-state index in [4.69, 9.17) is 0 Å². The molecule has 22 heavy (non-hydrogen) atoms. The summed E-state index contributed by atoms with van der Waals surface area (Å²) in [6.45, 7) is 0. The predicted molar refractivity (Wildman–Crippen MR) is 85.8 cm³/mol. The van der Waals surface area contributed by atoms with Gasteiger partial charge in [-0.2, -0.15) is 10.5 Å². The zero-order valence-corrected chi connectivity index (χ0v) is 12.5. The minimum absolute atomic E-state index is 0.0836. The fourth-order valence-corrected chi connectivity index (χ4v) is 3.61. The lowest BCUT2D eigenvalue weighted by Gasteiger charge is -2.42. The van der Waals surface area contributed by atoms with Gasteiger partial charge in [0.05, 0.1) is 12.1 Å². The molecule has 2 nitrogen and oxygen atoms in total. The number of hydrogen-bond donors (Lipinski definition) is 0. The molecule has 0 radical (unpaired) electrons. The van der Waals surface area contributed by atoms with Gasteiger partial charge in [0.2, 0.25) is 0 Å². The van der Waals surface area contributed by atoms with Crippen molar-refractivity contribution in [2.24, 2.45) is 5.41 Å². The maximum absolute atomic E-state index is 9.38. The third-order valence-corrected chi connectivity index (χ3v) is 5.04. The van der Waals surface area contributed by atoms with E-state index in [2.05, 4.69) is 60.7 Å². The van der Waals surface area contributed by atoms with Crippen LogP contribution in [0, 0.1) is 28.1 Å². The average molecular weight is 286 g/mol. The fourth-order valence-electron chi connectivity index (χ4n) is 3.61. The monoisotopic (exact) mass is 286 g/mol. The van der Waals surface area contributed by atoms with Crippen LogP contribution in [0.3, 0.4) is 0 Å². The third kappa shape index (κ3) is 2.28. The number of nitrogens with zero attached hydrogens (tertiary/aromatic N) is 2. The van der Waals surface area contributed by atoms with E-state index in [0.29, 0.717) is 12.8 Å². The summed E-state index contributed by atoms with van der Waals surface area (Å²) in [5.41, 5.74) is 1.67. The summed E-state index contributed by atoms with van der Waals surface area (Å²) in [6.07, 6.45) is 2.93. The van der Waals surface area contributed by atoms with E-state index < -0.39 is 5.41 Å². The molecule has 2 aromatic carbocycles. The molecule has 0 aliphatic heterocycles. The van der Waals surface area contributed by atoms with Gasteiger partial charge in [0, 0.05) is 5.41 Å². The average Bonchev–Trinajstić information content (AvgIpc) is 2.63. The van der Waals surface area contributed by atoms with Crippen molar-refractivity contribution >= 4 is 0 Å². The molecule has 2 aromatic rings. The Morgan fingerprint density at radius 3 is 1.41 bits per heavy atom. The zero-order valence-electron chi connectivity index (χ0n) is 12.5. The maximum atomic E-state index is 9.38. The summed E-state index contributed by atoms with van der Waals surface area (Å²) in [4.78, 5) is 0. The summed E-state index contributed by atoms with van der Waals surface area (Å²) >= 11 is 0. The van der Waals surface area contributed by atoms with Crippen molar-refractivity contribution < 1.29 is 0 Å². The van der Waals surface area contributed by atoms with Gasteiger partial charge in [0.15, 0.2) is 0 Å². The molecule has 0 amide bonds. The van der Waals surface area contributed by atoms with E-state index in [1.165, 1.54) is 11.1 Å². The van der Waals surface area contributed by atoms with Crippen molar-refractivity contribution in [2.75, 3.05) is 0 Å². The number of benzene rings is 2. The van der Waals surface area contributed by atoms with E-state index >= 15 is 0 Å². The molecule has 0 atom stereocenters. The molecule has 0 bridgehead atoms. The van der Waals surface area contributed by atoms with Crippen LogP contribution in [0.4, 0.5) is 0 Å². The molecule has 3 rings (SSSR count). The molecule has 0 saturated heterocycles. The van der Waals surface area contributed by atoms with Crippen molar-refractivity contribution in [2.45, 2.75) is 31.1 Å². The second kappa shape index (κ2) is 5.66. The highest BCUT2D eigenvalue weighted by atomic mass is 14.5. The van der Waals surface area contributed by atoms with Crippen LogP contribution in [-0.4, -0.2) is 0 Å².